The highest BCUT2D eigenvalue weighted by Gasteiger charge is 2.29. The topological polar surface area (TPSA) is 62.7 Å². The Balaban J connectivity index is 1.43. The molecular weight excluding hydrogens is 352 g/mol. The van der Waals surface area contributed by atoms with Gasteiger partial charge in [0.1, 0.15) is 11.4 Å². The van der Waals surface area contributed by atoms with E-state index in [1.807, 2.05) is 59.5 Å². The maximum Gasteiger partial charge on any atom is 0.272 e. The van der Waals surface area contributed by atoms with Crippen molar-refractivity contribution < 1.29 is 14.6 Å². The monoisotopic (exact) mass is 376 g/mol. The van der Waals surface area contributed by atoms with Gasteiger partial charge in [-0.2, -0.15) is 0 Å². The Labute approximate surface area is 164 Å². The van der Waals surface area contributed by atoms with E-state index in [0.717, 1.165) is 35.1 Å². The Morgan fingerprint density at radius 2 is 1.86 bits per heavy atom. The van der Waals surface area contributed by atoms with Crippen molar-refractivity contribution in [3.8, 4) is 5.75 Å². The molecule has 0 bridgehead atoms. The summed E-state index contributed by atoms with van der Waals surface area (Å²) in [5, 5.41) is 11.6. The zero-order chi connectivity index (χ0) is 19.5. The zero-order valence-electron chi connectivity index (χ0n) is 15.9. The number of hydrogen-bond donors (Lipinski definition) is 1. The van der Waals surface area contributed by atoms with Gasteiger partial charge in [0.25, 0.3) is 5.91 Å². The summed E-state index contributed by atoms with van der Waals surface area (Å²) in [6.45, 7) is 1.27. The molecule has 0 aliphatic carbocycles. The first kappa shape index (κ1) is 18.4. The standard InChI is InChI=1S/C23H24N2O3/c1-28-19-8-10-20-18(15-19)7-9-21(24-20)23(27)25-13-11-17(12-14-25)22(26)16-5-3-2-4-6-16/h2-10,15,17,22,26H,11-14H2,1H3. The lowest BCUT2D eigenvalue weighted by Gasteiger charge is -2.34. The van der Waals surface area contributed by atoms with E-state index in [2.05, 4.69) is 4.98 Å². The van der Waals surface area contributed by atoms with Gasteiger partial charge in [-0.05, 0) is 48.6 Å². The van der Waals surface area contributed by atoms with Crippen LogP contribution in [0.25, 0.3) is 10.9 Å². The molecule has 1 N–H and O–H groups in total. The summed E-state index contributed by atoms with van der Waals surface area (Å²) in [5.41, 5.74) is 2.18. The number of carbonyl (C=O) groups excluding carboxylic acids is 1. The molecule has 2 heterocycles. The number of ether oxygens (including phenoxy) is 1. The third-order valence-corrected chi connectivity index (χ3v) is 5.53. The molecule has 1 saturated heterocycles. The first-order valence-corrected chi connectivity index (χ1v) is 9.63. The van der Waals surface area contributed by atoms with Crippen LogP contribution >= 0.6 is 0 Å². The van der Waals surface area contributed by atoms with Crippen LogP contribution in [0.3, 0.4) is 0 Å². The van der Waals surface area contributed by atoms with E-state index < -0.39 is 6.10 Å². The summed E-state index contributed by atoms with van der Waals surface area (Å²) in [7, 11) is 1.63. The van der Waals surface area contributed by atoms with E-state index in [0.29, 0.717) is 18.8 Å². The molecule has 5 heteroatoms. The van der Waals surface area contributed by atoms with Gasteiger partial charge >= 0.3 is 0 Å². The number of fused-ring (bicyclic) bond motifs is 1. The van der Waals surface area contributed by atoms with E-state index in [4.69, 9.17) is 4.74 Å². The highest BCUT2D eigenvalue weighted by atomic mass is 16.5. The molecule has 2 aromatic carbocycles. The third-order valence-electron chi connectivity index (χ3n) is 5.53. The second-order valence-corrected chi connectivity index (χ2v) is 7.24. The first-order valence-electron chi connectivity index (χ1n) is 9.63. The molecule has 1 fully saturated rings. The van der Waals surface area contributed by atoms with Gasteiger partial charge in [0.15, 0.2) is 0 Å². The molecule has 1 aromatic heterocycles. The smallest absolute Gasteiger partial charge is 0.272 e. The molecule has 3 aromatic rings. The van der Waals surface area contributed by atoms with E-state index >= 15 is 0 Å². The Morgan fingerprint density at radius 3 is 2.57 bits per heavy atom. The molecule has 1 unspecified atom stereocenters. The summed E-state index contributed by atoms with van der Waals surface area (Å²) < 4.78 is 5.23. The highest BCUT2D eigenvalue weighted by molar-refractivity contribution is 5.95. The number of amides is 1. The molecule has 28 heavy (non-hydrogen) atoms. The molecule has 4 rings (SSSR count). The average molecular weight is 376 g/mol. The first-order chi connectivity index (χ1) is 13.7. The highest BCUT2D eigenvalue weighted by Crippen LogP contribution is 2.31. The van der Waals surface area contributed by atoms with E-state index in [1.54, 1.807) is 13.2 Å². The van der Waals surface area contributed by atoms with Crippen LogP contribution in [0.15, 0.2) is 60.7 Å². The van der Waals surface area contributed by atoms with E-state index in [9.17, 15) is 9.90 Å². The zero-order valence-corrected chi connectivity index (χ0v) is 15.9. The summed E-state index contributed by atoms with van der Waals surface area (Å²) in [6.07, 6.45) is 1.09. The van der Waals surface area contributed by atoms with Gasteiger partial charge in [-0.1, -0.05) is 36.4 Å². The second kappa shape index (κ2) is 7.98. The maximum atomic E-state index is 12.9. The number of aliphatic hydroxyl groups excluding tert-OH is 1. The molecule has 0 saturated carbocycles. The number of hydrogen-bond acceptors (Lipinski definition) is 4. The number of piperidine rings is 1. The number of aromatic nitrogens is 1. The molecule has 0 spiro atoms. The summed E-state index contributed by atoms with van der Waals surface area (Å²) in [6, 6.07) is 19.0. The van der Waals surface area contributed by atoms with Gasteiger partial charge in [0, 0.05) is 18.5 Å². The minimum absolute atomic E-state index is 0.0506. The Hall–Kier alpha value is -2.92. The molecule has 5 nitrogen and oxygen atoms in total. The van der Waals surface area contributed by atoms with Crippen LogP contribution in [0, 0.1) is 5.92 Å². The van der Waals surface area contributed by atoms with Crippen molar-refractivity contribution >= 4 is 16.8 Å². The number of likely N-dealkylation sites (tertiary alicyclic amines) is 1. The van der Waals surface area contributed by atoms with Crippen LogP contribution < -0.4 is 4.74 Å². The predicted molar refractivity (Wildman–Crippen MR) is 108 cm³/mol. The SMILES string of the molecule is COc1ccc2nc(C(=O)N3CCC(C(O)c4ccccc4)CC3)ccc2c1. The van der Waals surface area contributed by atoms with Crippen molar-refractivity contribution in [2.75, 3.05) is 20.2 Å². The van der Waals surface area contributed by atoms with Gasteiger partial charge < -0.3 is 14.7 Å². The minimum Gasteiger partial charge on any atom is -0.497 e. The minimum atomic E-state index is -0.479. The van der Waals surface area contributed by atoms with Crippen molar-refractivity contribution in [3.05, 3.63) is 71.9 Å². The van der Waals surface area contributed by atoms with E-state index in [-0.39, 0.29) is 11.8 Å². The number of pyridine rings is 1. The summed E-state index contributed by atoms with van der Waals surface area (Å²) in [4.78, 5) is 19.3. The number of nitrogens with zero attached hydrogens (tertiary/aromatic N) is 2. The molecule has 144 valence electrons. The largest absolute Gasteiger partial charge is 0.497 e. The Morgan fingerprint density at radius 1 is 1.11 bits per heavy atom. The molecule has 1 aliphatic rings. The normalized spacial score (nSPS) is 16.1. The Kier molecular flexibility index (Phi) is 5.26. The molecule has 0 radical (unpaired) electrons. The predicted octanol–water partition coefficient (Wildman–Crippen LogP) is 3.83. The van der Waals surface area contributed by atoms with Crippen LogP contribution in [-0.4, -0.2) is 41.1 Å². The van der Waals surface area contributed by atoms with Crippen LogP contribution in [0.1, 0.15) is 35.0 Å². The van der Waals surface area contributed by atoms with Crippen molar-refractivity contribution in [2.45, 2.75) is 18.9 Å². The fraction of sp³-hybridized carbons (Fsp3) is 0.304. The van der Waals surface area contributed by atoms with Crippen LogP contribution in [0.4, 0.5) is 0 Å². The van der Waals surface area contributed by atoms with Crippen molar-refractivity contribution in [1.29, 1.82) is 0 Å². The number of methoxy groups -OCH3 is 1. The fourth-order valence-electron chi connectivity index (χ4n) is 3.85. The quantitative estimate of drug-likeness (QED) is 0.752. The fourth-order valence-corrected chi connectivity index (χ4v) is 3.85. The van der Waals surface area contributed by atoms with Crippen molar-refractivity contribution in [3.63, 3.8) is 0 Å². The summed E-state index contributed by atoms with van der Waals surface area (Å²) >= 11 is 0. The third kappa shape index (κ3) is 3.71. The average Bonchev–Trinajstić information content (AvgIpc) is 2.78. The molecular formula is C23H24N2O3. The number of rotatable bonds is 4. The molecule has 1 aliphatic heterocycles. The number of carbonyl (C=O) groups is 1. The van der Waals surface area contributed by atoms with Crippen LogP contribution in [0.2, 0.25) is 0 Å². The van der Waals surface area contributed by atoms with Gasteiger partial charge in [-0.25, -0.2) is 4.98 Å². The van der Waals surface area contributed by atoms with Crippen molar-refractivity contribution in [1.82, 2.24) is 9.88 Å². The van der Waals surface area contributed by atoms with Crippen LogP contribution in [-0.2, 0) is 0 Å². The molecule has 1 atom stereocenters. The second-order valence-electron chi connectivity index (χ2n) is 7.24. The van der Waals surface area contributed by atoms with Gasteiger partial charge in [0.2, 0.25) is 0 Å². The van der Waals surface area contributed by atoms with Crippen molar-refractivity contribution in [2.24, 2.45) is 5.92 Å². The lowest BCUT2D eigenvalue weighted by Crippen LogP contribution is -2.40. The lowest BCUT2D eigenvalue weighted by atomic mass is 9.87. The lowest BCUT2D eigenvalue weighted by molar-refractivity contribution is 0.0459. The van der Waals surface area contributed by atoms with Crippen LogP contribution in [0.5, 0.6) is 5.75 Å². The van der Waals surface area contributed by atoms with E-state index in [1.165, 1.54) is 0 Å². The van der Waals surface area contributed by atoms with Gasteiger partial charge in [-0.3, -0.25) is 4.79 Å². The number of benzene rings is 2. The summed E-state index contributed by atoms with van der Waals surface area (Å²) in [5.74, 6) is 0.890. The number of aliphatic hydroxyl groups is 1. The maximum absolute atomic E-state index is 12.9. The van der Waals surface area contributed by atoms with Gasteiger partial charge in [0.05, 0.1) is 18.7 Å². The molecule has 1 amide bonds. The Bertz CT molecular complexity index is 966. The van der Waals surface area contributed by atoms with Gasteiger partial charge in [-0.15, -0.1) is 0 Å².